The number of rotatable bonds is 3. The van der Waals surface area contributed by atoms with E-state index < -0.39 is 0 Å². The summed E-state index contributed by atoms with van der Waals surface area (Å²) in [7, 11) is 1.96. The molecule has 25 heavy (non-hydrogen) atoms. The van der Waals surface area contributed by atoms with E-state index >= 15 is 0 Å². The van der Waals surface area contributed by atoms with Gasteiger partial charge in [-0.3, -0.25) is 0 Å². The Balaban J connectivity index is 1.39. The number of benzene rings is 2. The maximum Gasteiger partial charge on any atom is 0.319 e. The summed E-state index contributed by atoms with van der Waals surface area (Å²) in [6.07, 6.45) is 5.22. The Hall–Kier alpha value is -2.82. The Morgan fingerprint density at radius 3 is 3.08 bits per heavy atom. The van der Waals surface area contributed by atoms with Crippen molar-refractivity contribution in [1.29, 1.82) is 0 Å². The second-order valence-electron chi connectivity index (χ2n) is 6.68. The third-order valence-electron chi connectivity index (χ3n) is 4.99. The third kappa shape index (κ3) is 3.22. The smallest absolute Gasteiger partial charge is 0.319 e. The van der Waals surface area contributed by atoms with Crippen LogP contribution in [0.15, 0.2) is 48.8 Å². The highest BCUT2D eigenvalue weighted by Gasteiger charge is 2.20. The molecule has 2 amide bonds. The first kappa shape index (κ1) is 15.7. The van der Waals surface area contributed by atoms with Crippen LogP contribution in [-0.2, 0) is 13.5 Å². The average molecular weight is 334 g/mol. The zero-order valence-electron chi connectivity index (χ0n) is 14.3. The number of imidazole rings is 1. The summed E-state index contributed by atoms with van der Waals surface area (Å²) in [6, 6.07) is 14.2. The summed E-state index contributed by atoms with van der Waals surface area (Å²) in [6.45, 7) is 0.661. The molecular formula is C20H22N4O. The van der Waals surface area contributed by atoms with Gasteiger partial charge >= 0.3 is 6.03 Å². The van der Waals surface area contributed by atoms with Gasteiger partial charge in [-0.2, -0.15) is 0 Å². The van der Waals surface area contributed by atoms with Gasteiger partial charge in [-0.1, -0.05) is 24.3 Å². The minimum atomic E-state index is -0.168. The molecule has 5 heteroatoms. The van der Waals surface area contributed by atoms with Crippen LogP contribution in [0, 0.1) is 0 Å². The standard InChI is InChI=1S/C20H22N4O/c1-24-13-22-18-11-16(9-10-19(18)24)23-20(25)21-12-15-7-4-6-14-5-2-3-8-17(14)15/h2-3,5,8-11,13,15H,4,6-7,12H2,1H3,(H2,21,23,25)/t15-/m0/s1. The number of urea groups is 1. The fraction of sp³-hybridized carbons (Fsp3) is 0.300. The van der Waals surface area contributed by atoms with Gasteiger partial charge in [0.25, 0.3) is 0 Å². The molecule has 0 fully saturated rings. The number of aryl methyl sites for hydroxylation is 2. The van der Waals surface area contributed by atoms with Gasteiger partial charge in [-0.25, -0.2) is 9.78 Å². The van der Waals surface area contributed by atoms with Crippen LogP contribution in [-0.4, -0.2) is 22.1 Å². The lowest BCUT2D eigenvalue weighted by atomic mass is 9.83. The number of aromatic nitrogens is 2. The Morgan fingerprint density at radius 2 is 2.16 bits per heavy atom. The van der Waals surface area contributed by atoms with Crippen molar-refractivity contribution in [1.82, 2.24) is 14.9 Å². The van der Waals surface area contributed by atoms with Crippen LogP contribution in [0.3, 0.4) is 0 Å². The Morgan fingerprint density at radius 1 is 1.28 bits per heavy atom. The highest BCUT2D eigenvalue weighted by Crippen LogP contribution is 2.30. The van der Waals surface area contributed by atoms with Gasteiger partial charge < -0.3 is 15.2 Å². The largest absolute Gasteiger partial charge is 0.337 e. The number of fused-ring (bicyclic) bond motifs is 2. The molecule has 2 aromatic carbocycles. The van der Waals surface area contributed by atoms with Gasteiger partial charge in [0.15, 0.2) is 0 Å². The molecule has 0 spiro atoms. The highest BCUT2D eigenvalue weighted by molar-refractivity contribution is 5.91. The van der Waals surface area contributed by atoms with E-state index in [1.807, 2.05) is 29.8 Å². The molecule has 1 atom stereocenters. The van der Waals surface area contributed by atoms with Crippen LogP contribution in [0.4, 0.5) is 10.5 Å². The van der Waals surface area contributed by atoms with Crippen molar-refractivity contribution in [3.8, 4) is 0 Å². The third-order valence-corrected chi connectivity index (χ3v) is 4.99. The molecule has 0 bridgehead atoms. The van der Waals surface area contributed by atoms with Gasteiger partial charge in [0.1, 0.15) is 0 Å². The Kier molecular flexibility index (Phi) is 4.14. The maximum atomic E-state index is 12.3. The molecule has 1 heterocycles. The van der Waals surface area contributed by atoms with Crippen LogP contribution in [0.2, 0.25) is 0 Å². The van der Waals surface area contributed by atoms with Gasteiger partial charge in [0.05, 0.1) is 17.4 Å². The fourth-order valence-electron chi connectivity index (χ4n) is 3.67. The van der Waals surface area contributed by atoms with Gasteiger partial charge in [0.2, 0.25) is 0 Å². The van der Waals surface area contributed by atoms with Crippen LogP contribution in [0.5, 0.6) is 0 Å². The van der Waals surface area contributed by atoms with E-state index in [0.29, 0.717) is 12.5 Å². The number of anilines is 1. The molecule has 0 aliphatic heterocycles. The summed E-state index contributed by atoms with van der Waals surface area (Å²) in [4.78, 5) is 16.6. The van der Waals surface area contributed by atoms with E-state index in [9.17, 15) is 4.79 Å². The van der Waals surface area contributed by atoms with E-state index in [1.54, 1.807) is 6.33 Å². The van der Waals surface area contributed by atoms with E-state index in [1.165, 1.54) is 17.5 Å². The number of hydrogen-bond acceptors (Lipinski definition) is 2. The number of hydrogen-bond donors (Lipinski definition) is 2. The minimum Gasteiger partial charge on any atom is -0.337 e. The molecule has 0 saturated heterocycles. The number of carbonyl (C=O) groups is 1. The lowest BCUT2D eigenvalue weighted by Crippen LogP contribution is -2.33. The molecule has 0 unspecified atom stereocenters. The quantitative estimate of drug-likeness (QED) is 0.765. The van der Waals surface area contributed by atoms with Crippen molar-refractivity contribution in [3.05, 3.63) is 59.9 Å². The van der Waals surface area contributed by atoms with Gasteiger partial charge in [0, 0.05) is 25.2 Å². The molecule has 3 aromatic rings. The number of carbonyl (C=O) groups excluding carboxylic acids is 1. The van der Waals surface area contributed by atoms with Crippen LogP contribution < -0.4 is 10.6 Å². The number of amides is 2. The first-order valence-corrected chi connectivity index (χ1v) is 8.74. The first-order valence-electron chi connectivity index (χ1n) is 8.74. The van der Waals surface area contributed by atoms with Crippen LogP contribution in [0.25, 0.3) is 11.0 Å². The molecule has 1 aliphatic rings. The molecule has 0 saturated carbocycles. The fourth-order valence-corrected chi connectivity index (χ4v) is 3.67. The molecule has 5 nitrogen and oxygen atoms in total. The normalized spacial score (nSPS) is 16.4. The zero-order chi connectivity index (χ0) is 17.2. The van der Waals surface area contributed by atoms with Crippen molar-refractivity contribution < 1.29 is 4.79 Å². The predicted octanol–water partition coefficient (Wildman–Crippen LogP) is 3.81. The van der Waals surface area contributed by atoms with Crippen molar-refractivity contribution in [2.24, 2.45) is 7.05 Å². The van der Waals surface area contributed by atoms with Crippen molar-refractivity contribution in [2.75, 3.05) is 11.9 Å². The maximum absolute atomic E-state index is 12.3. The monoisotopic (exact) mass is 334 g/mol. The van der Waals surface area contributed by atoms with Crippen LogP contribution >= 0.6 is 0 Å². The first-order chi connectivity index (χ1) is 12.2. The molecule has 1 aliphatic carbocycles. The molecule has 4 rings (SSSR count). The van der Waals surface area contributed by atoms with Crippen LogP contribution in [0.1, 0.15) is 29.9 Å². The summed E-state index contributed by atoms with van der Waals surface area (Å²) < 4.78 is 1.96. The predicted molar refractivity (Wildman–Crippen MR) is 99.9 cm³/mol. The molecule has 0 radical (unpaired) electrons. The van der Waals surface area contributed by atoms with Crippen molar-refractivity contribution >= 4 is 22.8 Å². The van der Waals surface area contributed by atoms with E-state index in [-0.39, 0.29) is 6.03 Å². The lowest BCUT2D eigenvalue weighted by Gasteiger charge is -2.25. The topological polar surface area (TPSA) is 59.0 Å². The minimum absolute atomic E-state index is 0.168. The second-order valence-corrected chi connectivity index (χ2v) is 6.68. The lowest BCUT2D eigenvalue weighted by molar-refractivity contribution is 0.251. The number of nitrogens with zero attached hydrogens (tertiary/aromatic N) is 2. The van der Waals surface area contributed by atoms with Gasteiger partial charge in [-0.05, 0) is 48.6 Å². The summed E-state index contributed by atoms with van der Waals surface area (Å²) >= 11 is 0. The molecule has 128 valence electrons. The van der Waals surface area contributed by atoms with E-state index in [2.05, 4.69) is 39.9 Å². The van der Waals surface area contributed by atoms with Gasteiger partial charge in [-0.15, -0.1) is 0 Å². The number of nitrogens with one attached hydrogen (secondary N) is 2. The second kappa shape index (κ2) is 6.59. The average Bonchev–Trinajstić information content (AvgIpc) is 3.00. The van der Waals surface area contributed by atoms with E-state index in [4.69, 9.17) is 0 Å². The van der Waals surface area contributed by atoms with E-state index in [0.717, 1.165) is 29.6 Å². The Labute approximate surface area is 147 Å². The van der Waals surface area contributed by atoms with Crippen molar-refractivity contribution in [2.45, 2.75) is 25.2 Å². The molecular weight excluding hydrogens is 312 g/mol. The molecule has 1 aromatic heterocycles. The van der Waals surface area contributed by atoms with Crippen molar-refractivity contribution in [3.63, 3.8) is 0 Å². The summed E-state index contributed by atoms with van der Waals surface area (Å²) in [5, 5.41) is 5.93. The highest BCUT2D eigenvalue weighted by atomic mass is 16.2. The zero-order valence-corrected chi connectivity index (χ0v) is 14.3. The summed E-state index contributed by atoms with van der Waals surface area (Å²) in [5.74, 6) is 0.397. The SMILES string of the molecule is Cn1cnc2cc(NC(=O)NC[C@@H]3CCCc4ccccc43)ccc21. The summed E-state index contributed by atoms with van der Waals surface area (Å²) in [5.41, 5.74) is 5.48. The molecule has 2 N–H and O–H groups in total. The Bertz CT molecular complexity index is 915.